The number of fused-ring (bicyclic) bond motifs is 6. The van der Waals surface area contributed by atoms with Crippen LogP contribution < -0.4 is 9.64 Å². The maximum absolute atomic E-state index is 12.8. The van der Waals surface area contributed by atoms with Gasteiger partial charge in [-0.1, -0.05) is 48.0 Å². The fourth-order valence-corrected chi connectivity index (χ4v) is 4.68. The van der Waals surface area contributed by atoms with Gasteiger partial charge in [-0.25, -0.2) is 4.79 Å². The van der Waals surface area contributed by atoms with Gasteiger partial charge < -0.3 is 14.4 Å². The summed E-state index contributed by atoms with van der Waals surface area (Å²) in [5, 5.41) is 0. The maximum atomic E-state index is 12.8. The Bertz CT molecular complexity index is 1130. The normalized spacial score (nSPS) is 19.6. The van der Waals surface area contributed by atoms with Crippen LogP contribution in [0.4, 0.5) is 5.69 Å². The lowest BCUT2D eigenvalue weighted by molar-refractivity contribution is 0.0224. The fourth-order valence-electron chi connectivity index (χ4n) is 4.43. The number of alkyl halides is 1. The zero-order valence-electron chi connectivity index (χ0n) is 16.2. The van der Waals surface area contributed by atoms with Gasteiger partial charge in [0.05, 0.1) is 5.56 Å². The molecular formula is C24H20ClNO3. The van der Waals surface area contributed by atoms with E-state index in [9.17, 15) is 4.79 Å². The molecule has 0 amide bonds. The van der Waals surface area contributed by atoms with Crippen molar-refractivity contribution in [2.75, 3.05) is 11.4 Å². The summed E-state index contributed by atoms with van der Waals surface area (Å²) in [6, 6.07) is 21.3. The summed E-state index contributed by atoms with van der Waals surface area (Å²) >= 11 is 6.37. The molecule has 2 aliphatic rings. The van der Waals surface area contributed by atoms with Gasteiger partial charge in [-0.3, -0.25) is 0 Å². The first-order valence-corrected chi connectivity index (χ1v) is 10.2. The smallest absolute Gasteiger partial charge is 0.340 e. The van der Waals surface area contributed by atoms with E-state index in [0.29, 0.717) is 17.1 Å². The van der Waals surface area contributed by atoms with Crippen LogP contribution in [0.15, 0.2) is 66.7 Å². The third kappa shape index (κ3) is 2.49. The van der Waals surface area contributed by atoms with Crippen LogP contribution >= 0.6 is 11.6 Å². The highest BCUT2D eigenvalue weighted by atomic mass is 35.5. The summed E-state index contributed by atoms with van der Waals surface area (Å²) in [6.07, 6.45) is 0. The molecular weight excluding hydrogens is 386 g/mol. The zero-order valence-corrected chi connectivity index (χ0v) is 16.9. The van der Waals surface area contributed by atoms with E-state index in [1.54, 1.807) is 0 Å². The molecule has 4 nitrogen and oxygen atoms in total. The maximum Gasteiger partial charge on any atom is 0.340 e. The van der Waals surface area contributed by atoms with Crippen molar-refractivity contribution in [2.45, 2.75) is 24.9 Å². The van der Waals surface area contributed by atoms with Gasteiger partial charge in [0.1, 0.15) is 17.0 Å². The molecule has 0 bridgehead atoms. The van der Waals surface area contributed by atoms with Crippen molar-refractivity contribution >= 4 is 23.3 Å². The predicted molar refractivity (Wildman–Crippen MR) is 113 cm³/mol. The molecule has 0 saturated carbocycles. The highest BCUT2D eigenvalue weighted by molar-refractivity contribution is 6.21. The number of ether oxygens (including phenoxy) is 2. The molecule has 0 aliphatic carbocycles. The van der Waals surface area contributed by atoms with E-state index >= 15 is 0 Å². The first-order valence-electron chi connectivity index (χ1n) is 9.71. The van der Waals surface area contributed by atoms with Crippen LogP contribution in [-0.2, 0) is 10.3 Å². The molecule has 0 radical (unpaired) electrons. The van der Waals surface area contributed by atoms with Crippen LogP contribution in [0.25, 0.3) is 0 Å². The first-order chi connectivity index (χ1) is 14.1. The minimum Gasteiger partial charge on any atom is -0.456 e. The van der Waals surface area contributed by atoms with Crippen molar-refractivity contribution in [3.63, 3.8) is 0 Å². The van der Waals surface area contributed by atoms with Crippen LogP contribution in [0.5, 0.6) is 11.5 Å². The lowest BCUT2D eigenvalue weighted by atomic mass is 9.77. The van der Waals surface area contributed by atoms with E-state index in [4.69, 9.17) is 21.1 Å². The van der Waals surface area contributed by atoms with Crippen LogP contribution in [0.1, 0.15) is 40.9 Å². The standard InChI is InChI=1S/C24H20ClNO3/c1-3-26(15(2)25)16-12-13-20-22(14-16)28-21-11-7-6-10-19(21)24(20)18-9-5-4-8-17(18)23(27)29-24/h4-15H,3H2,1-2H3. The average Bonchev–Trinajstić information content (AvgIpc) is 3.02. The number of hydrogen-bond donors (Lipinski definition) is 0. The average molecular weight is 406 g/mol. The number of hydrogen-bond acceptors (Lipinski definition) is 4. The Balaban J connectivity index is 1.78. The Hall–Kier alpha value is -2.98. The van der Waals surface area contributed by atoms with E-state index in [0.717, 1.165) is 28.9 Å². The van der Waals surface area contributed by atoms with E-state index in [-0.39, 0.29) is 11.5 Å². The van der Waals surface area contributed by atoms with Gasteiger partial charge in [-0.15, -0.1) is 0 Å². The molecule has 0 fully saturated rings. The summed E-state index contributed by atoms with van der Waals surface area (Å²) in [7, 11) is 0. The molecule has 5 heteroatoms. The zero-order chi connectivity index (χ0) is 20.2. The second-order valence-electron chi connectivity index (χ2n) is 7.25. The Morgan fingerprint density at radius 3 is 2.41 bits per heavy atom. The fraction of sp³-hybridized carbons (Fsp3) is 0.208. The highest BCUT2D eigenvalue weighted by Gasteiger charge is 2.53. The molecule has 0 N–H and O–H groups in total. The first kappa shape index (κ1) is 18.1. The van der Waals surface area contributed by atoms with Crippen molar-refractivity contribution in [3.8, 4) is 11.5 Å². The van der Waals surface area contributed by atoms with Crippen LogP contribution in [-0.4, -0.2) is 18.0 Å². The molecule has 5 rings (SSSR count). The molecule has 2 unspecified atom stereocenters. The van der Waals surface area contributed by atoms with Gasteiger partial charge in [0, 0.05) is 35.0 Å². The lowest BCUT2D eigenvalue weighted by Crippen LogP contribution is -2.33. The number of halogens is 1. The summed E-state index contributed by atoms with van der Waals surface area (Å²) < 4.78 is 12.4. The topological polar surface area (TPSA) is 38.8 Å². The summed E-state index contributed by atoms with van der Waals surface area (Å²) in [6.45, 7) is 4.77. The SMILES string of the molecule is CCN(c1ccc2c(c1)Oc1ccccc1C21OC(=O)c2ccccc21)C(C)Cl. The molecule has 3 aromatic rings. The number of carbonyl (C=O) groups excluding carboxylic acids is 1. The minimum atomic E-state index is -1.01. The van der Waals surface area contributed by atoms with Gasteiger partial charge in [0.25, 0.3) is 0 Å². The lowest BCUT2D eigenvalue weighted by Gasteiger charge is -2.37. The quantitative estimate of drug-likeness (QED) is 0.320. The van der Waals surface area contributed by atoms with Crippen LogP contribution in [0.3, 0.4) is 0 Å². The Labute approximate surface area is 174 Å². The molecule has 3 aromatic carbocycles. The van der Waals surface area contributed by atoms with Crippen LogP contribution in [0, 0.1) is 0 Å². The van der Waals surface area contributed by atoms with Gasteiger partial charge in [-0.05, 0) is 38.1 Å². The molecule has 1 spiro atoms. The monoisotopic (exact) mass is 405 g/mol. The second kappa shape index (κ2) is 6.53. The van der Waals surface area contributed by atoms with Crippen molar-refractivity contribution in [2.24, 2.45) is 0 Å². The minimum absolute atomic E-state index is 0.159. The number of anilines is 1. The molecule has 29 heavy (non-hydrogen) atoms. The van der Waals surface area contributed by atoms with Crippen molar-refractivity contribution in [1.82, 2.24) is 0 Å². The number of rotatable bonds is 3. The van der Waals surface area contributed by atoms with E-state index in [1.807, 2.05) is 73.7 Å². The summed E-state index contributed by atoms with van der Waals surface area (Å²) in [4.78, 5) is 14.9. The number of carbonyl (C=O) groups is 1. The van der Waals surface area contributed by atoms with Crippen molar-refractivity contribution in [1.29, 1.82) is 0 Å². The largest absolute Gasteiger partial charge is 0.456 e. The van der Waals surface area contributed by atoms with Crippen LogP contribution in [0.2, 0.25) is 0 Å². The number of benzene rings is 3. The van der Waals surface area contributed by atoms with Gasteiger partial charge >= 0.3 is 5.97 Å². The second-order valence-corrected chi connectivity index (χ2v) is 7.89. The number of para-hydroxylation sites is 1. The number of nitrogens with zero attached hydrogens (tertiary/aromatic N) is 1. The highest BCUT2D eigenvalue weighted by Crippen LogP contribution is 2.56. The van der Waals surface area contributed by atoms with Crippen molar-refractivity contribution in [3.05, 3.63) is 89.0 Å². The summed E-state index contributed by atoms with van der Waals surface area (Å²) in [5.41, 5.74) is 2.86. The third-order valence-electron chi connectivity index (χ3n) is 5.70. The molecule has 0 aromatic heterocycles. The Morgan fingerprint density at radius 2 is 1.66 bits per heavy atom. The molecule has 146 valence electrons. The van der Waals surface area contributed by atoms with Gasteiger partial charge in [0.15, 0.2) is 5.60 Å². The van der Waals surface area contributed by atoms with E-state index in [1.165, 1.54) is 0 Å². The van der Waals surface area contributed by atoms with Gasteiger partial charge in [-0.2, -0.15) is 0 Å². The van der Waals surface area contributed by atoms with E-state index < -0.39 is 5.60 Å². The Kier molecular flexibility index (Phi) is 4.07. The predicted octanol–water partition coefficient (Wildman–Crippen LogP) is 5.67. The van der Waals surface area contributed by atoms with Gasteiger partial charge in [0.2, 0.25) is 0 Å². The molecule has 2 aliphatic heterocycles. The summed E-state index contributed by atoms with van der Waals surface area (Å²) in [5.74, 6) is 1.03. The van der Waals surface area contributed by atoms with Crippen molar-refractivity contribution < 1.29 is 14.3 Å². The van der Waals surface area contributed by atoms with E-state index in [2.05, 4.69) is 11.8 Å². The Morgan fingerprint density at radius 1 is 0.966 bits per heavy atom. The molecule has 2 heterocycles. The molecule has 2 atom stereocenters. The number of esters is 1. The third-order valence-corrected chi connectivity index (χ3v) is 5.94. The molecule has 0 saturated heterocycles.